The number of rotatable bonds is 7. The van der Waals surface area contributed by atoms with Crippen LogP contribution >= 0.6 is 11.6 Å². The average Bonchev–Trinajstić information content (AvgIpc) is 3.09. The summed E-state index contributed by atoms with van der Waals surface area (Å²) in [5.41, 5.74) is 4.75. The smallest absolute Gasteiger partial charge is 0.449 e. The maximum atomic E-state index is 11.0. The zero-order valence-electron chi connectivity index (χ0n) is 17.2. The van der Waals surface area contributed by atoms with Crippen molar-refractivity contribution in [2.75, 3.05) is 0 Å². The number of carbonyl (C=O) groups is 1. The summed E-state index contributed by atoms with van der Waals surface area (Å²) in [5, 5.41) is 9.66. The lowest BCUT2D eigenvalue weighted by Crippen LogP contribution is -2.05. The van der Waals surface area contributed by atoms with Gasteiger partial charge in [-0.2, -0.15) is 0 Å². The molecule has 6 heteroatoms. The van der Waals surface area contributed by atoms with Crippen LogP contribution in [0.2, 0.25) is 5.02 Å². The van der Waals surface area contributed by atoms with Crippen LogP contribution in [0.3, 0.4) is 0 Å². The highest BCUT2D eigenvalue weighted by molar-refractivity contribution is 6.31. The SMILES string of the molecule is CCCCc1nc2cc(Cl)ccc2n1Cc1ccc(-c2ccccc2OC(=O)O)cc1. The maximum absolute atomic E-state index is 11.0. The van der Waals surface area contributed by atoms with E-state index in [4.69, 9.17) is 26.4 Å². The number of imidazole rings is 1. The van der Waals surface area contributed by atoms with E-state index >= 15 is 0 Å². The van der Waals surface area contributed by atoms with Gasteiger partial charge in [0.25, 0.3) is 0 Å². The van der Waals surface area contributed by atoms with Crippen molar-refractivity contribution in [3.63, 3.8) is 0 Å². The first-order valence-electron chi connectivity index (χ1n) is 10.3. The van der Waals surface area contributed by atoms with Crippen LogP contribution in [0.5, 0.6) is 5.75 Å². The normalized spacial score (nSPS) is 11.0. The van der Waals surface area contributed by atoms with Gasteiger partial charge in [0.15, 0.2) is 0 Å². The second kappa shape index (κ2) is 9.23. The third-order valence-corrected chi connectivity index (χ3v) is 5.47. The van der Waals surface area contributed by atoms with Gasteiger partial charge >= 0.3 is 6.16 Å². The number of nitrogens with zero attached hydrogens (tertiary/aromatic N) is 2. The minimum absolute atomic E-state index is 0.321. The monoisotopic (exact) mass is 434 g/mol. The zero-order valence-corrected chi connectivity index (χ0v) is 18.0. The first-order valence-corrected chi connectivity index (χ1v) is 10.7. The van der Waals surface area contributed by atoms with Gasteiger partial charge in [-0.1, -0.05) is 67.4 Å². The van der Waals surface area contributed by atoms with Gasteiger partial charge in [0.2, 0.25) is 0 Å². The molecule has 0 aliphatic heterocycles. The number of ether oxygens (including phenoxy) is 1. The van der Waals surface area contributed by atoms with E-state index in [1.54, 1.807) is 12.1 Å². The lowest BCUT2D eigenvalue weighted by molar-refractivity contribution is 0.144. The van der Waals surface area contributed by atoms with Gasteiger partial charge in [0, 0.05) is 23.6 Å². The molecular weight excluding hydrogens is 412 g/mol. The Morgan fingerprint density at radius 1 is 1.10 bits per heavy atom. The third-order valence-electron chi connectivity index (χ3n) is 5.23. The fraction of sp³-hybridized carbons (Fsp3) is 0.200. The first-order chi connectivity index (χ1) is 15.0. The van der Waals surface area contributed by atoms with Crippen molar-refractivity contribution in [3.8, 4) is 16.9 Å². The molecule has 0 amide bonds. The highest BCUT2D eigenvalue weighted by Gasteiger charge is 2.13. The molecular formula is C25H23ClN2O3. The molecule has 0 radical (unpaired) electrons. The van der Waals surface area contributed by atoms with Crippen molar-refractivity contribution in [2.24, 2.45) is 0 Å². The van der Waals surface area contributed by atoms with Crippen molar-refractivity contribution in [3.05, 3.63) is 83.1 Å². The van der Waals surface area contributed by atoms with Crippen LogP contribution in [0.25, 0.3) is 22.2 Å². The summed E-state index contributed by atoms with van der Waals surface area (Å²) < 4.78 is 7.17. The molecule has 0 bridgehead atoms. The quantitative estimate of drug-likeness (QED) is 0.256. The molecule has 4 rings (SSSR count). The second-order valence-corrected chi connectivity index (χ2v) is 7.85. The molecule has 5 nitrogen and oxygen atoms in total. The Morgan fingerprint density at radius 3 is 2.61 bits per heavy atom. The number of unbranched alkanes of at least 4 members (excludes halogenated alkanes) is 1. The molecule has 31 heavy (non-hydrogen) atoms. The summed E-state index contributed by atoms with van der Waals surface area (Å²) in [4.78, 5) is 15.8. The van der Waals surface area contributed by atoms with E-state index in [-0.39, 0.29) is 0 Å². The summed E-state index contributed by atoms with van der Waals surface area (Å²) >= 11 is 6.17. The fourth-order valence-corrected chi connectivity index (χ4v) is 3.88. The lowest BCUT2D eigenvalue weighted by Gasteiger charge is -2.11. The largest absolute Gasteiger partial charge is 0.511 e. The average molecular weight is 435 g/mol. The molecule has 0 atom stereocenters. The molecule has 1 aromatic heterocycles. The number of hydrogen-bond donors (Lipinski definition) is 1. The van der Waals surface area contributed by atoms with Gasteiger partial charge < -0.3 is 14.4 Å². The number of para-hydroxylation sites is 1. The van der Waals surface area contributed by atoms with Crippen LogP contribution in [0, 0.1) is 0 Å². The van der Waals surface area contributed by atoms with Crippen molar-refractivity contribution < 1.29 is 14.6 Å². The van der Waals surface area contributed by atoms with Crippen molar-refractivity contribution in [1.29, 1.82) is 0 Å². The van der Waals surface area contributed by atoms with Crippen LogP contribution in [0.1, 0.15) is 31.2 Å². The Balaban J connectivity index is 1.64. The van der Waals surface area contributed by atoms with Crippen LogP contribution in [0.4, 0.5) is 4.79 Å². The summed E-state index contributed by atoms with van der Waals surface area (Å²) in [6.07, 6.45) is 1.78. The van der Waals surface area contributed by atoms with E-state index in [1.165, 1.54) is 0 Å². The van der Waals surface area contributed by atoms with Crippen LogP contribution in [-0.4, -0.2) is 20.8 Å². The Morgan fingerprint density at radius 2 is 1.87 bits per heavy atom. The number of halogens is 1. The number of aromatic nitrogens is 2. The molecule has 158 valence electrons. The molecule has 0 aliphatic rings. The molecule has 1 N–H and O–H groups in total. The molecule has 0 aliphatic carbocycles. The van der Waals surface area contributed by atoms with E-state index in [9.17, 15) is 4.79 Å². The van der Waals surface area contributed by atoms with Gasteiger partial charge in [-0.3, -0.25) is 0 Å². The van der Waals surface area contributed by atoms with E-state index in [0.717, 1.165) is 52.8 Å². The zero-order chi connectivity index (χ0) is 21.8. The predicted octanol–water partition coefficient (Wildman–Crippen LogP) is 6.80. The van der Waals surface area contributed by atoms with E-state index < -0.39 is 6.16 Å². The molecule has 0 fully saturated rings. The first kappa shape index (κ1) is 20.9. The van der Waals surface area contributed by atoms with E-state index in [1.807, 2.05) is 42.5 Å². The summed E-state index contributed by atoms with van der Waals surface area (Å²) in [6.45, 7) is 2.87. The molecule has 0 spiro atoms. The third kappa shape index (κ3) is 4.72. The summed E-state index contributed by atoms with van der Waals surface area (Å²) in [6, 6.07) is 21.0. The van der Waals surface area contributed by atoms with Crippen LogP contribution in [-0.2, 0) is 13.0 Å². The summed E-state index contributed by atoms with van der Waals surface area (Å²) in [7, 11) is 0. The Kier molecular flexibility index (Phi) is 6.23. The number of aryl methyl sites for hydroxylation is 1. The molecule has 4 aromatic rings. The van der Waals surface area contributed by atoms with Gasteiger partial charge in [-0.05, 0) is 41.8 Å². The van der Waals surface area contributed by atoms with Crippen molar-refractivity contribution in [2.45, 2.75) is 32.7 Å². The Labute approximate surface area is 185 Å². The van der Waals surface area contributed by atoms with Crippen LogP contribution < -0.4 is 4.74 Å². The van der Waals surface area contributed by atoms with Crippen molar-refractivity contribution >= 4 is 28.8 Å². The second-order valence-electron chi connectivity index (χ2n) is 7.41. The molecule has 3 aromatic carbocycles. The number of benzene rings is 3. The van der Waals surface area contributed by atoms with Gasteiger partial charge in [-0.15, -0.1) is 0 Å². The Bertz CT molecular complexity index is 1220. The highest BCUT2D eigenvalue weighted by Crippen LogP contribution is 2.30. The minimum atomic E-state index is -1.32. The minimum Gasteiger partial charge on any atom is -0.449 e. The van der Waals surface area contributed by atoms with Gasteiger partial charge in [-0.25, -0.2) is 9.78 Å². The van der Waals surface area contributed by atoms with Gasteiger partial charge in [0.05, 0.1) is 11.0 Å². The number of fused-ring (bicyclic) bond motifs is 1. The topological polar surface area (TPSA) is 64.4 Å². The molecule has 0 saturated heterocycles. The standard InChI is InChI=1S/C25H23ClN2O3/c1-2-3-8-24-27-21-15-19(26)13-14-22(21)28(24)16-17-9-11-18(12-10-17)20-6-4-5-7-23(20)31-25(29)30/h4-7,9-15H,2-3,8,16H2,1H3,(H,29,30). The highest BCUT2D eigenvalue weighted by atomic mass is 35.5. The molecule has 1 heterocycles. The molecule has 0 unspecified atom stereocenters. The lowest BCUT2D eigenvalue weighted by atomic mass is 10.0. The number of hydrogen-bond acceptors (Lipinski definition) is 3. The van der Waals surface area contributed by atoms with E-state index in [2.05, 4.69) is 23.6 Å². The fourth-order valence-electron chi connectivity index (χ4n) is 3.72. The van der Waals surface area contributed by atoms with Crippen LogP contribution in [0.15, 0.2) is 66.7 Å². The van der Waals surface area contributed by atoms with Crippen molar-refractivity contribution in [1.82, 2.24) is 9.55 Å². The summed E-state index contributed by atoms with van der Waals surface area (Å²) in [5.74, 6) is 1.38. The molecule has 0 saturated carbocycles. The Hall–Kier alpha value is -3.31. The maximum Gasteiger partial charge on any atom is 0.511 e. The van der Waals surface area contributed by atoms with Gasteiger partial charge in [0.1, 0.15) is 11.6 Å². The van der Waals surface area contributed by atoms with E-state index in [0.29, 0.717) is 17.3 Å². The number of carboxylic acid groups (broad SMARTS) is 1. The predicted molar refractivity (Wildman–Crippen MR) is 123 cm³/mol.